The average molecular weight is 1340 g/mol. The topological polar surface area (TPSA) is 256 Å². The molecule has 0 atom stereocenters. The molecule has 3 aliphatic carbocycles. The summed E-state index contributed by atoms with van der Waals surface area (Å²) in [6, 6.07) is 44.3. The predicted octanol–water partition coefficient (Wildman–Crippen LogP) is 11.8. The van der Waals surface area contributed by atoms with Crippen LogP contribution in [0.5, 0.6) is 0 Å². The zero-order valence-corrected chi connectivity index (χ0v) is 54.5. The van der Waals surface area contributed by atoms with E-state index in [2.05, 4.69) is 189 Å². The summed E-state index contributed by atoms with van der Waals surface area (Å²) in [4.78, 5) is 50.7. The van der Waals surface area contributed by atoms with Crippen LogP contribution in [0.1, 0.15) is 125 Å². The second kappa shape index (κ2) is 24.3. The Kier molecular flexibility index (Phi) is 15.4. The van der Waals surface area contributed by atoms with Crippen molar-refractivity contribution in [2.75, 3.05) is 19.8 Å². The molecular weight excluding hydrogens is 1270 g/mol. The van der Waals surface area contributed by atoms with E-state index in [1.165, 1.54) is 82.6 Å². The molecule has 480 valence electrons. The Labute approximate surface area is 560 Å². The van der Waals surface area contributed by atoms with Crippen molar-refractivity contribution < 1.29 is 34.5 Å². The summed E-state index contributed by atoms with van der Waals surface area (Å²) in [7, 11) is 0. The number of carbonyl (C=O) groups excluding carboxylic acids is 4. The van der Waals surface area contributed by atoms with Crippen molar-refractivity contribution >= 4 is 117 Å². The molecule has 7 aliphatic rings. The van der Waals surface area contributed by atoms with Crippen molar-refractivity contribution in [3.05, 3.63) is 216 Å². The number of benzene rings is 9. The van der Waals surface area contributed by atoms with E-state index in [1.807, 2.05) is 25.1 Å². The molecule has 18 heteroatoms. The lowest BCUT2D eigenvalue weighted by Crippen LogP contribution is -2.13. The normalized spacial score (nSPS) is 14.7. The number of aromatic nitrogens is 3. The Hall–Kier alpha value is -10.1. The van der Waals surface area contributed by atoms with Crippen LogP contribution in [0.3, 0.4) is 0 Å². The Morgan fingerprint density at radius 2 is 0.875 bits per heavy atom. The summed E-state index contributed by atoms with van der Waals surface area (Å²) in [6.07, 6.45) is 8.91. The van der Waals surface area contributed by atoms with Crippen LogP contribution >= 0.6 is 15.9 Å². The van der Waals surface area contributed by atoms with Gasteiger partial charge in [0.1, 0.15) is 0 Å². The maximum absolute atomic E-state index is 13.1. The standard InChI is InChI=1S/C27H22N4O3.C27H24N2O2.C24H19BrN2O2.H4N2/c32-9-3-8-31-21-7-6-15(20-12-22(33)30-29-20)11-17(21)24-19-13-28-27(34)25(19)23-16-5-2-1-4-14(16)10-18(23)26(24)31;1-2-6-16-9-10-22-19(13-16)24-21-15-28-27(31)25(21)23-18-8-4-3-7-17(18)14-20(23)26(24)29(22)11-5-12-30;25-14-6-7-19-16(11-14)21-18-12-26-24(29)22(18)20-15-5-2-1-4-13(15)10-17(20)23(21)27(19)8-3-9-28;1-2/h1-2,4-7,11,32H,3,8-10,12-13H2,(H,28,34)(H,30,33);2-4,6-10,13,30H,5,11-12,14-15H2,1H3,(H,28,31);1-2,4-7,11,28H,3,8-10,12H2,(H,26,29);1-2H2/b;6-2+;;. The number of aliphatic hydroxyl groups is 3. The first kappa shape index (κ1) is 60.9. The van der Waals surface area contributed by atoms with Crippen LogP contribution in [0.15, 0.2) is 143 Å². The number of amides is 4. The lowest BCUT2D eigenvalue weighted by Gasteiger charge is -2.13. The van der Waals surface area contributed by atoms with Gasteiger partial charge in [-0.2, -0.15) is 5.10 Å². The molecule has 0 spiro atoms. The van der Waals surface area contributed by atoms with Crippen LogP contribution in [0, 0.1) is 0 Å². The van der Waals surface area contributed by atoms with Crippen LogP contribution < -0.4 is 33.1 Å². The average Bonchev–Trinajstić information content (AvgIpc) is 1.55. The molecule has 9 aromatic carbocycles. The number of halogens is 1. The first-order valence-electron chi connectivity index (χ1n) is 32.9. The number of hydrogen-bond donors (Lipinski definition) is 9. The number of nitrogens with zero attached hydrogens (tertiary/aromatic N) is 4. The van der Waals surface area contributed by atoms with Gasteiger partial charge >= 0.3 is 0 Å². The van der Waals surface area contributed by atoms with Crippen LogP contribution in [-0.4, -0.2) is 78.2 Å². The van der Waals surface area contributed by atoms with Gasteiger partial charge in [0.15, 0.2) is 0 Å². The molecule has 7 heterocycles. The minimum absolute atomic E-state index is 0.0211. The number of aliphatic hydroxyl groups excluding tert-OH is 3. The first-order chi connectivity index (χ1) is 47.1. The lowest BCUT2D eigenvalue weighted by molar-refractivity contribution is -0.119. The molecule has 0 fully saturated rings. The second-order valence-corrected chi connectivity index (χ2v) is 26.4. The fourth-order valence-corrected chi connectivity index (χ4v) is 17.1. The molecule has 96 heavy (non-hydrogen) atoms. The van der Waals surface area contributed by atoms with Crippen LogP contribution in [0.25, 0.3) is 105 Å². The minimum Gasteiger partial charge on any atom is -0.396 e. The van der Waals surface area contributed by atoms with Gasteiger partial charge in [0.25, 0.3) is 17.7 Å². The molecule has 4 aliphatic heterocycles. The zero-order valence-electron chi connectivity index (χ0n) is 52.9. The van der Waals surface area contributed by atoms with Crippen molar-refractivity contribution in [1.82, 2.24) is 35.1 Å². The SMILES string of the molecule is C/C=C/c1ccc2c(c1)c1c3c(c4c(c1n2CCCO)Cc1ccccc1-4)C(=O)NC3.NN.O=C1CC(c2ccc3c(c2)c2c4c(c5c(c2n3CCCO)Cc2ccccc2-5)C(=O)NC4)=NN1.O=C1NCc2c1c1c(c3c2c2cc(Br)ccc2n3CCCO)Cc2ccccc2-1. The third-order valence-electron chi connectivity index (χ3n) is 20.4. The fraction of sp³-hybridized carbons (Fsp3) is 0.218. The summed E-state index contributed by atoms with van der Waals surface area (Å²) in [5.41, 5.74) is 32.2. The van der Waals surface area contributed by atoms with Crippen LogP contribution in [0.2, 0.25) is 0 Å². The van der Waals surface area contributed by atoms with E-state index in [0.29, 0.717) is 45.4 Å². The summed E-state index contributed by atoms with van der Waals surface area (Å²) in [5, 5.41) is 49.0. The Morgan fingerprint density at radius 1 is 0.479 bits per heavy atom. The van der Waals surface area contributed by atoms with Crippen molar-refractivity contribution in [2.24, 2.45) is 16.8 Å². The summed E-state index contributed by atoms with van der Waals surface area (Å²) < 4.78 is 8.05. The van der Waals surface area contributed by atoms with Crippen molar-refractivity contribution in [1.29, 1.82) is 0 Å². The van der Waals surface area contributed by atoms with Gasteiger partial charge in [-0.05, 0) is 147 Å². The highest BCUT2D eigenvalue weighted by Crippen LogP contribution is 2.53. The van der Waals surface area contributed by atoms with Crippen LogP contribution in [-0.2, 0) is 63.3 Å². The molecule has 0 radical (unpaired) electrons. The molecule has 17 nitrogen and oxygen atoms in total. The van der Waals surface area contributed by atoms with E-state index in [1.54, 1.807) is 0 Å². The quantitative estimate of drug-likeness (QED) is 0.0440. The van der Waals surface area contributed by atoms with E-state index in [0.717, 1.165) is 137 Å². The highest BCUT2D eigenvalue weighted by molar-refractivity contribution is 9.10. The zero-order chi connectivity index (χ0) is 65.8. The number of rotatable bonds is 11. The highest BCUT2D eigenvalue weighted by atomic mass is 79.9. The van der Waals surface area contributed by atoms with E-state index >= 15 is 0 Å². The van der Waals surface area contributed by atoms with E-state index in [4.69, 9.17) is 0 Å². The van der Waals surface area contributed by atoms with Crippen LogP contribution in [0.4, 0.5) is 0 Å². The largest absolute Gasteiger partial charge is 0.396 e. The fourth-order valence-electron chi connectivity index (χ4n) is 16.7. The van der Waals surface area contributed by atoms with Gasteiger partial charge in [0, 0.05) is 148 Å². The molecule has 0 saturated heterocycles. The third kappa shape index (κ3) is 9.32. The van der Waals surface area contributed by atoms with Gasteiger partial charge in [-0.15, -0.1) is 0 Å². The van der Waals surface area contributed by atoms with Gasteiger partial charge in [-0.25, -0.2) is 5.43 Å². The number of nitrogens with two attached hydrogens (primary N) is 2. The Balaban J connectivity index is 0.000000112. The molecular formula is C78H69BrN10O7. The number of hydrazine groups is 1. The molecule has 11 N–H and O–H groups in total. The van der Waals surface area contributed by atoms with Crippen molar-refractivity contribution in [3.63, 3.8) is 0 Å². The second-order valence-electron chi connectivity index (χ2n) is 25.5. The van der Waals surface area contributed by atoms with Gasteiger partial charge in [0.2, 0.25) is 5.91 Å². The number of carbonyl (C=O) groups is 4. The van der Waals surface area contributed by atoms with E-state index < -0.39 is 0 Å². The number of fused-ring (bicyclic) bond motifs is 30. The summed E-state index contributed by atoms with van der Waals surface area (Å²) >= 11 is 3.63. The molecule has 3 aromatic heterocycles. The maximum atomic E-state index is 13.1. The van der Waals surface area contributed by atoms with E-state index in [-0.39, 0.29) is 49.9 Å². The van der Waals surface area contributed by atoms with Gasteiger partial charge in [-0.1, -0.05) is 113 Å². The summed E-state index contributed by atoms with van der Waals surface area (Å²) in [6.45, 7) is 6.25. The maximum Gasteiger partial charge on any atom is 0.252 e. The number of aryl methyl sites for hydroxylation is 3. The van der Waals surface area contributed by atoms with Gasteiger partial charge in [-0.3, -0.25) is 30.9 Å². The number of hydrazone groups is 1. The lowest BCUT2D eigenvalue weighted by atomic mass is 9.91. The molecule has 4 amide bonds. The third-order valence-corrected chi connectivity index (χ3v) is 20.9. The van der Waals surface area contributed by atoms with Crippen molar-refractivity contribution in [2.45, 2.75) is 91.1 Å². The molecule has 0 bridgehead atoms. The Morgan fingerprint density at radius 3 is 1.28 bits per heavy atom. The monoisotopic (exact) mass is 1340 g/mol. The molecule has 0 saturated carbocycles. The summed E-state index contributed by atoms with van der Waals surface area (Å²) in [5.74, 6) is 7.94. The first-order valence-corrected chi connectivity index (χ1v) is 33.7. The number of allylic oxidation sites excluding steroid dienone is 1. The Bertz CT molecular complexity index is 5460. The predicted molar refractivity (Wildman–Crippen MR) is 382 cm³/mol. The highest BCUT2D eigenvalue weighted by Gasteiger charge is 2.39. The van der Waals surface area contributed by atoms with E-state index in [9.17, 15) is 34.5 Å². The number of hydrogen-bond acceptors (Lipinski definition) is 10. The van der Waals surface area contributed by atoms with Gasteiger partial charge < -0.3 is 45.0 Å². The smallest absolute Gasteiger partial charge is 0.252 e. The molecule has 19 rings (SSSR count). The minimum atomic E-state index is -0.105. The van der Waals surface area contributed by atoms with Gasteiger partial charge in [0.05, 0.1) is 45.4 Å². The molecule has 0 unspecified atom stereocenters. The molecule has 12 aromatic rings. The van der Waals surface area contributed by atoms with Crippen molar-refractivity contribution in [3.8, 4) is 33.4 Å². The number of nitrogens with one attached hydrogen (secondary N) is 4.